The number of carbonyl (C=O) groups is 1. The summed E-state index contributed by atoms with van der Waals surface area (Å²) in [6.07, 6.45) is 1.39. The van der Waals surface area contributed by atoms with Crippen LogP contribution in [-0.4, -0.2) is 32.1 Å². The summed E-state index contributed by atoms with van der Waals surface area (Å²) in [6.45, 7) is -0.0607. The Hall–Kier alpha value is -3.85. The summed E-state index contributed by atoms with van der Waals surface area (Å²) >= 11 is 5.99. The molecule has 2 aromatic heterocycles. The van der Waals surface area contributed by atoms with Crippen molar-refractivity contribution < 1.29 is 14.3 Å². The van der Waals surface area contributed by atoms with Gasteiger partial charge >= 0.3 is 0 Å². The molecule has 152 valence electrons. The highest BCUT2D eigenvalue weighted by Gasteiger charge is 2.07. The van der Waals surface area contributed by atoms with Crippen molar-refractivity contribution in [3.8, 4) is 11.5 Å². The number of ether oxygens (including phenoxy) is 2. The third-order valence-electron chi connectivity index (χ3n) is 4.04. The summed E-state index contributed by atoms with van der Waals surface area (Å²) < 4.78 is 12.3. The van der Waals surface area contributed by atoms with Gasteiger partial charge in [-0.15, -0.1) is 0 Å². The molecular formula is C20H16ClN5O4. The Labute approximate surface area is 175 Å². The molecule has 10 heteroatoms. The maximum Gasteiger partial charge on any atom is 0.274 e. The zero-order chi connectivity index (χ0) is 20.9. The van der Waals surface area contributed by atoms with Crippen LogP contribution >= 0.6 is 11.6 Å². The SMILES string of the molecule is O=C(COc1ccccc1Cl)Nc1ccc(OCc2cc(=O)n3[nH]cnc3n2)cc1. The molecule has 0 bridgehead atoms. The van der Waals surface area contributed by atoms with Gasteiger partial charge in [-0.1, -0.05) is 23.7 Å². The highest BCUT2D eigenvalue weighted by atomic mass is 35.5. The molecule has 0 unspecified atom stereocenters. The van der Waals surface area contributed by atoms with E-state index in [9.17, 15) is 9.59 Å². The molecule has 1 amide bonds. The predicted octanol–water partition coefficient (Wildman–Crippen LogP) is 2.67. The Bertz CT molecular complexity index is 1240. The Kier molecular flexibility index (Phi) is 5.62. The van der Waals surface area contributed by atoms with Gasteiger partial charge < -0.3 is 14.8 Å². The number of halogens is 1. The molecule has 0 aliphatic heterocycles. The van der Waals surface area contributed by atoms with E-state index >= 15 is 0 Å². The van der Waals surface area contributed by atoms with Crippen molar-refractivity contribution >= 4 is 29.0 Å². The first kappa shape index (κ1) is 19.5. The first-order chi connectivity index (χ1) is 14.6. The lowest BCUT2D eigenvalue weighted by Gasteiger charge is -2.10. The van der Waals surface area contributed by atoms with E-state index in [1.165, 1.54) is 16.9 Å². The van der Waals surface area contributed by atoms with E-state index in [2.05, 4.69) is 20.4 Å². The van der Waals surface area contributed by atoms with E-state index in [0.29, 0.717) is 27.9 Å². The van der Waals surface area contributed by atoms with Gasteiger partial charge in [-0.25, -0.2) is 9.97 Å². The summed E-state index contributed by atoms with van der Waals surface area (Å²) in [6, 6.07) is 15.1. The number of H-pyrrole nitrogens is 1. The molecule has 2 heterocycles. The van der Waals surface area contributed by atoms with Crippen LogP contribution in [0.1, 0.15) is 5.69 Å². The van der Waals surface area contributed by atoms with Gasteiger partial charge in [0.05, 0.1) is 10.7 Å². The number of nitrogens with one attached hydrogen (secondary N) is 2. The van der Waals surface area contributed by atoms with Crippen molar-refractivity contribution in [3.05, 3.63) is 82.0 Å². The topological polar surface area (TPSA) is 111 Å². The summed E-state index contributed by atoms with van der Waals surface area (Å²) in [5.41, 5.74) is 0.777. The largest absolute Gasteiger partial charge is 0.487 e. The number of fused-ring (bicyclic) bond motifs is 1. The minimum atomic E-state index is -0.319. The molecular weight excluding hydrogens is 410 g/mol. The van der Waals surface area contributed by atoms with Gasteiger partial charge in [-0.05, 0) is 36.4 Å². The Morgan fingerprint density at radius 3 is 2.73 bits per heavy atom. The molecule has 4 aromatic rings. The minimum Gasteiger partial charge on any atom is -0.487 e. The van der Waals surface area contributed by atoms with Crippen LogP contribution in [0.2, 0.25) is 5.02 Å². The van der Waals surface area contributed by atoms with E-state index in [0.717, 1.165) is 0 Å². The number of hydrogen-bond donors (Lipinski definition) is 2. The van der Waals surface area contributed by atoms with Crippen molar-refractivity contribution in [2.24, 2.45) is 0 Å². The van der Waals surface area contributed by atoms with Crippen molar-refractivity contribution in [2.75, 3.05) is 11.9 Å². The molecule has 0 saturated carbocycles. The monoisotopic (exact) mass is 425 g/mol. The van der Waals surface area contributed by atoms with Crippen LogP contribution in [-0.2, 0) is 11.4 Å². The molecule has 0 spiro atoms. The molecule has 0 atom stereocenters. The lowest BCUT2D eigenvalue weighted by Crippen LogP contribution is -2.20. The second-order valence-electron chi connectivity index (χ2n) is 6.19. The maximum absolute atomic E-state index is 12.1. The number of carbonyl (C=O) groups excluding carboxylic acids is 1. The van der Waals surface area contributed by atoms with Gasteiger partial charge in [0, 0.05) is 11.8 Å². The highest BCUT2D eigenvalue weighted by Crippen LogP contribution is 2.23. The van der Waals surface area contributed by atoms with Gasteiger partial charge in [0.15, 0.2) is 6.61 Å². The number of aromatic amines is 1. The number of aromatic nitrogens is 4. The Balaban J connectivity index is 1.30. The van der Waals surface area contributed by atoms with Gasteiger partial charge in [-0.2, -0.15) is 4.52 Å². The number of para-hydroxylation sites is 1. The summed E-state index contributed by atoms with van der Waals surface area (Å²) in [5.74, 6) is 0.961. The first-order valence-corrected chi connectivity index (χ1v) is 9.28. The Morgan fingerprint density at radius 2 is 1.93 bits per heavy atom. The normalized spacial score (nSPS) is 10.7. The molecule has 9 nitrogen and oxygen atoms in total. The molecule has 2 aromatic carbocycles. The van der Waals surface area contributed by atoms with Crippen LogP contribution in [0, 0.1) is 0 Å². The average molecular weight is 426 g/mol. The molecule has 0 aliphatic rings. The van der Waals surface area contributed by atoms with E-state index in [4.69, 9.17) is 21.1 Å². The molecule has 4 rings (SSSR count). The second-order valence-corrected chi connectivity index (χ2v) is 6.60. The van der Waals surface area contributed by atoms with Crippen LogP contribution in [0.3, 0.4) is 0 Å². The maximum atomic E-state index is 12.1. The van der Waals surface area contributed by atoms with Crippen molar-refractivity contribution in [3.63, 3.8) is 0 Å². The van der Waals surface area contributed by atoms with Gasteiger partial charge in [0.1, 0.15) is 24.4 Å². The average Bonchev–Trinajstić information content (AvgIpc) is 3.22. The van der Waals surface area contributed by atoms with Crippen molar-refractivity contribution in [2.45, 2.75) is 6.61 Å². The fourth-order valence-corrected chi connectivity index (χ4v) is 2.83. The van der Waals surface area contributed by atoms with E-state index in [-0.39, 0.29) is 30.5 Å². The molecule has 0 saturated heterocycles. The lowest BCUT2D eigenvalue weighted by molar-refractivity contribution is -0.118. The number of amides is 1. The zero-order valence-electron chi connectivity index (χ0n) is 15.5. The van der Waals surface area contributed by atoms with E-state index < -0.39 is 0 Å². The first-order valence-electron chi connectivity index (χ1n) is 8.90. The number of nitrogens with zero attached hydrogens (tertiary/aromatic N) is 3. The smallest absolute Gasteiger partial charge is 0.274 e. The molecule has 0 fully saturated rings. The fraction of sp³-hybridized carbons (Fsp3) is 0.100. The number of rotatable bonds is 7. The van der Waals surface area contributed by atoms with Crippen molar-refractivity contribution in [1.29, 1.82) is 0 Å². The molecule has 30 heavy (non-hydrogen) atoms. The second kappa shape index (κ2) is 8.66. The molecule has 0 radical (unpaired) electrons. The minimum absolute atomic E-state index is 0.107. The summed E-state index contributed by atoms with van der Waals surface area (Å²) in [4.78, 5) is 32.2. The standard InChI is InChI=1S/C20H16ClN5O4/c21-16-3-1-2-4-17(16)30-11-18(27)24-13-5-7-15(8-6-13)29-10-14-9-19(28)26-20(25-14)22-12-23-26/h1-9,12H,10-11H2,(H,24,27)(H,22,23,25). The van der Waals surface area contributed by atoms with Crippen LogP contribution in [0.4, 0.5) is 5.69 Å². The quantitative estimate of drug-likeness (QED) is 0.471. The van der Waals surface area contributed by atoms with Crippen LogP contribution in [0.25, 0.3) is 5.78 Å². The van der Waals surface area contributed by atoms with Crippen LogP contribution in [0.15, 0.2) is 65.7 Å². The highest BCUT2D eigenvalue weighted by molar-refractivity contribution is 6.32. The van der Waals surface area contributed by atoms with Gasteiger partial charge in [0.2, 0.25) is 0 Å². The number of anilines is 1. The third kappa shape index (κ3) is 4.58. The summed E-state index contributed by atoms with van der Waals surface area (Å²) in [5, 5.41) is 5.84. The van der Waals surface area contributed by atoms with E-state index in [1.54, 1.807) is 48.5 Å². The van der Waals surface area contributed by atoms with Crippen LogP contribution < -0.4 is 20.3 Å². The van der Waals surface area contributed by atoms with Crippen molar-refractivity contribution in [1.82, 2.24) is 19.6 Å². The van der Waals surface area contributed by atoms with E-state index in [1.807, 2.05) is 0 Å². The molecule has 2 N–H and O–H groups in total. The zero-order valence-corrected chi connectivity index (χ0v) is 16.3. The number of benzene rings is 2. The lowest BCUT2D eigenvalue weighted by atomic mass is 10.3. The van der Waals surface area contributed by atoms with Gasteiger partial charge in [0.25, 0.3) is 17.2 Å². The third-order valence-corrected chi connectivity index (χ3v) is 4.35. The van der Waals surface area contributed by atoms with Crippen LogP contribution in [0.5, 0.6) is 11.5 Å². The predicted molar refractivity (Wildman–Crippen MR) is 110 cm³/mol. The summed E-state index contributed by atoms with van der Waals surface area (Å²) in [7, 11) is 0. The molecule has 0 aliphatic carbocycles. The van der Waals surface area contributed by atoms with Gasteiger partial charge in [-0.3, -0.25) is 14.7 Å². The fourth-order valence-electron chi connectivity index (χ4n) is 2.64. The Morgan fingerprint density at radius 1 is 1.13 bits per heavy atom. The number of hydrogen-bond acceptors (Lipinski definition) is 6.